The Kier molecular flexibility index (Phi) is 8.47. The number of hydrogen-bond donors (Lipinski definition) is 1. The number of thiazole rings is 1. The van der Waals surface area contributed by atoms with Crippen molar-refractivity contribution in [1.29, 1.82) is 0 Å². The van der Waals surface area contributed by atoms with Crippen LogP contribution in [0, 0.1) is 6.92 Å². The number of thioether (sulfide) groups is 1. The number of esters is 1. The quantitative estimate of drug-likeness (QED) is 0.289. The lowest BCUT2D eigenvalue weighted by Crippen LogP contribution is -2.30. The first-order valence-electron chi connectivity index (χ1n) is 10.6. The molecule has 0 aliphatic heterocycles. The topological polar surface area (TPSA) is 68.3 Å². The summed E-state index contributed by atoms with van der Waals surface area (Å²) in [5.41, 5.74) is 4.13. The number of aromatic nitrogens is 1. The van der Waals surface area contributed by atoms with Crippen molar-refractivity contribution in [2.24, 2.45) is 0 Å². The first-order chi connectivity index (χ1) is 15.4. The number of nitrogens with zero attached hydrogens (tertiary/aromatic N) is 1. The molecule has 1 amide bonds. The molecule has 0 saturated heterocycles. The van der Waals surface area contributed by atoms with Gasteiger partial charge in [-0.25, -0.2) is 9.78 Å². The van der Waals surface area contributed by atoms with E-state index in [1.165, 1.54) is 0 Å². The minimum atomic E-state index is -0.921. The number of anilines is 1. The molecule has 2 aromatic carbocycles. The van der Waals surface area contributed by atoms with Crippen molar-refractivity contribution in [2.45, 2.75) is 56.2 Å². The van der Waals surface area contributed by atoms with Gasteiger partial charge in [0.25, 0.3) is 5.91 Å². The Hall–Kier alpha value is -2.64. The van der Waals surface area contributed by atoms with E-state index in [1.807, 2.05) is 48.7 Å². The molecule has 0 aliphatic rings. The molecule has 5 nitrogen and oxygen atoms in total. The van der Waals surface area contributed by atoms with Crippen LogP contribution in [-0.4, -0.2) is 23.0 Å². The van der Waals surface area contributed by atoms with Gasteiger partial charge in [0, 0.05) is 22.5 Å². The molecule has 0 spiro atoms. The van der Waals surface area contributed by atoms with E-state index in [0.29, 0.717) is 17.2 Å². The minimum Gasteiger partial charge on any atom is -0.449 e. The van der Waals surface area contributed by atoms with Gasteiger partial charge in [0.2, 0.25) is 0 Å². The molecular formula is C25H28N2O3S2. The number of benzene rings is 2. The highest BCUT2D eigenvalue weighted by molar-refractivity contribution is 8.00. The largest absolute Gasteiger partial charge is 0.449 e. The first-order valence-corrected chi connectivity index (χ1v) is 12.5. The van der Waals surface area contributed by atoms with Gasteiger partial charge >= 0.3 is 5.97 Å². The molecule has 0 saturated carbocycles. The zero-order chi connectivity index (χ0) is 23.1. The lowest BCUT2D eigenvalue weighted by Gasteiger charge is -2.18. The van der Waals surface area contributed by atoms with Gasteiger partial charge in [-0.1, -0.05) is 62.0 Å². The smallest absolute Gasteiger partial charge is 0.339 e. The van der Waals surface area contributed by atoms with Gasteiger partial charge < -0.3 is 10.1 Å². The molecule has 2 unspecified atom stereocenters. The third-order valence-electron chi connectivity index (χ3n) is 5.20. The van der Waals surface area contributed by atoms with Crippen LogP contribution in [0.1, 0.15) is 60.3 Å². The van der Waals surface area contributed by atoms with E-state index >= 15 is 0 Å². The van der Waals surface area contributed by atoms with E-state index < -0.39 is 12.1 Å². The Labute approximate surface area is 197 Å². The summed E-state index contributed by atoms with van der Waals surface area (Å²) < 4.78 is 6.48. The van der Waals surface area contributed by atoms with Crippen molar-refractivity contribution in [1.82, 2.24) is 4.98 Å². The number of para-hydroxylation sites is 1. The van der Waals surface area contributed by atoms with Gasteiger partial charge in [-0.2, -0.15) is 0 Å². The molecule has 1 N–H and O–H groups in total. The number of hydrogen-bond acceptors (Lipinski definition) is 6. The summed E-state index contributed by atoms with van der Waals surface area (Å²) in [5.74, 6) is 0.0603. The number of amides is 1. The Morgan fingerprint density at radius 1 is 1.12 bits per heavy atom. The monoisotopic (exact) mass is 468 g/mol. The molecule has 3 aromatic rings. The van der Waals surface area contributed by atoms with Crippen LogP contribution in [0.4, 0.5) is 5.69 Å². The molecule has 0 radical (unpaired) electrons. The van der Waals surface area contributed by atoms with Crippen LogP contribution in [0.15, 0.2) is 58.3 Å². The molecule has 0 aliphatic carbocycles. The number of nitrogens with one attached hydrogen (secondary N) is 1. The molecule has 1 heterocycles. The van der Waals surface area contributed by atoms with Crippen LogP contribution in [0.25, 0.3) is 0 Å². The maximum Gasteiger partial charge on any atom is 0.339 e. The fourth-order valence-electron chi connectivity index (χ4n) is 3.16. The summed E-state index contributed by atoms with van der Waals surface area (Å²) in [4.78, 5) is 30.0. The number of rotatable bonds is 9. The highest BCUT2D eigenvalue weighted by Gasteiger charge is 2.22. The van der Waals surface area contributed by atoms with Crippen LogP contribution in [0.3, 0.4) is 0 Å². The molecule has 1 aromatic heterocycles. The molecule has 3 rings (SSSR count). The van der Waals surface area contributed by atoms with E-state index in [1.54, 1.807) is 42.2 Å². The second-order valence-corrected chi connectivity index (χ2v) is 9.71. The average Bonchev–Trinajstić information content (AvgIpc) is 3.22. The predicted octanol–water partition coefficient (Wildman–Crippen LogP) is 6.44. The van der Waals surface area contributed by atoms with Crippen molar-refractivity contribution < 1.29 is 14.3 Å². The third kappa shape index (κ3) is 6.20. The number of aryl methyl sites for hydroxylation is 1. The van der Waals surface area contributed by atoms with Crippen molar-refractivity contribution >= 4 is 40.7 Å². The van der Waals surface area contributed by atoms with Gasteiger partial charge in [-0.15, -0.1) is 11.3 Å². The molecule has 7 heteroatoms. The predicted molar refractivity (Wildman–Crippen MR) is 132 cm³/mol. The Morgan fingerprint density at radius 3 is 2.56 bits per heavy atom. The maximum absolute atomic E-state index is 12.8. The number of carbonyl (C=O) groups is 2. The molecule has 2 atom stereocenters. The van der Waals surface area contributed by atoms with Gasteiger partial charge in [0.15, 0.2) is 6.10 Å². The standard InChI is InChI=1S/C25H28N2O3S2/c1-5-16(2)20-11-8-9-13-22(20)27-23(28)18(4)30-24(29)21-12-7-6-10-19(21)15-32-25-26-17(3)14-31-25/h6-14,16,18H,5,15H2,1-4H3,(H,27,28). The molecule has 0 fully saturated rings. The summed E-state index contributed by atoms with van der Waals surface area (Å²) in [5, 5.41) is 4.92. The summed E-state index contributed by atoms with van der Waals surface area (Å²) in [6, 6.07) is 15.1. The maximum atomic E-state index is 12.8. The third-order valence-corrected chi connectivity index (χ3v) is 7.39. The number of ether oxygens (including phenoxy) is 1. The van der Waals surface area contributed by atoms with Crippen molar-refractivity contribution in [3.63, 3.8) is 0 Å². The van der Waals surface area contributed by atoms with Crippen LogP contribution in [-0.2, 0) is 15.3 Å². The van der Waals surface area contributed by atoms with E-state index in [2.05, 4.69) is 24.1 Å². The van der Waals surface area contributed by atoms with Crippen molar-refractivity contribution in [2.75, 3.05) is 5.32 Å². The Balaban J connectivity index is 1.65. The highest BCUT2D eigenvalue weighted by Crippen LogP contribution is 2.28. The summed E-state index contributed by atoms with van der Waals surface area (Å²) in [6.07, 6.45) is 0.0436. The van der Waals surface area contributed by atoms with E-state index in [9.17, 15) is 9.59 Å². The van der Waals surface area contributed by atoms with Crippen LogP contribution in [0.5, 0.6) is 0 Å². The second kappa shape index (κ2) is 11.3. The summed E-state index contributed by atoms with van der Waals surface area (Å²) in [6.45, 7) is 7.78. The average molecular weight is 469 g/mol. The van der Waals surface area contributed by atoms with Gasteiger partial charge in [0.1, 0.15) is 4.34 Å². The summed E-state index contributed by atoms with van der Waals surface area (Å²) in [7, 11) is 0. The van der Waals surface area contributed by atoms with Crippen molar-refractivity contribution in [3.8, 4) is 0 Å². The zero-order valence-corrected chi connectivity index (χ0v) is 20.4. The fourth-order valence-corrected chi connectivity index (χ4v) is 5.01. The van der Waals surface area contributed by atoms with Crippen molar-refractivity contribution in [3.05, 3.63) is 76.3 Å². The lowest BCUT2D eigenvalue weighted by atomic mass is 9.97. The minimum absolute atomic E-state index is 0.315. The van der Waals surface area contributed by atoms with Gasteiger partial charge in [-0.05, 0) is 49.4 Å². The Morgan fingerprint density at radius 2 is 1.84 bits per heavy atom. The van der Waals surface area contributed by atoms with Crippen LogP contribution >= 0.6 is 23.1 Å². The molecule has 168 valence electrons. The first kappa shape index (κ1) is 24.0. The Bertz CT molecular complexity index is 1080. The molecular weight excluding hydrogens is 440 g/mol. The fraction of sp³-hybridized carbons (Fsp3) is 0.320. The van der Waals surface area contributed by atoms with E-state index in [-0.39, 0.29) is 5.91 Å². The zero-order valence-electron chi connectivity index (χ0n) is 18.8. The SMILES string of the molecule is CCC(C)c1ccccc1NC(=O)C(C)OC(=O)c1ccccc1CSc1nc(C)cs1. The van der Waals surface area contributed by atoms with Crippen LogP contribution in [0.2, 0.25) is 0 Å². The van der Waals surface area contributed by atoms with Crippen LogP contribution < -0.4 is 5.32 Å². The highest BCUT2D eigenvalue weighted by atomic mass is 32.2. The second-order valence-electron chi connectivity index (χ2n) is 7.63. The molecule has 32 heavy (non-hydrogen) atoms. The van der Waals surface area contributed by atoms with E-state index in [4.69, 9.17) is 4.74 Å². The van der Waals surface area contributed by atoms with Gasteiger partial charge in [0.05, 0.1) is 5.56 Å². The van der Waals surface area contributed by atoms with Gasteiger partial charge in [-0.3, -0.25) is 4.79 Å². The summed E-state index contributed by atoms with van der Waals surface area (Å²) >= 11 is 3.17. The normalized spacial score (nSPS) is 12.8. The molecule has 0 bridgehead atoms. The number of carbonyl (C=O) groups excluding carboxylic acids is 2. The van der Waals surface area contributed by atoms with E-state index in [0.717, 1.165) is 33.3 Å². The lowest BCUT2D eigenvalue weighted by molar-refractivity contribution is -0.123.